The molecule has 0 aliphatic carbocycles. The third-order valence-corrected chi connectivity index (χ3v) is 2.84. The Labute approximate surface area is 119 Å². The predicted octanol–water partition coefficient (Wildman–Crippen LogP) is -0.111. The molecule has 0 saturated heterocycles. The van der Waals surface area contributed by atoms with Crippen LogP contribution in [-0.4, -0.2) is 8.76 Å². The van der Waals surface area contributed by atoms with Gasteiger partial charge in [0.2, 0.25) is 0 Å². The largest absolute Gasteiger partial charge is 1.00 e. The first-order valence-electron chi connectivity index (χ1n) is 4.34. The van der Waals surface area contributed by atoms with Crippen molar-refractivity contribution in [2.24, 2.45) is 0 Å². The molecular weight excluding hydrogens is 239 g/mol. The van der Waals surface area contributed by atoms with E-state index in [1.54, 1.807) is 18.2 Å². The summed E-state index contributed by atoms with van der Waals surface area (Å²) in [7, 11) is -3.17. The second-order valence-corrected chi connectivity index (χ2v) is 5.42. The standard InChI is InChI=1S/C6H6O2S2.C4H9.Na/c7-10(8,9)6-4-2-1-3-5-6;1-3-4-2;/h1-5H,(H,7,8,9);1,3-4H2,2H3;/q;-1;+1. The van der Waals surface area contributed by atoms with Crippen molar-refractivity contribution in [2.45, 2.75) is 24.7 Å². The van der Waals surface area contributed by atoms with Crippen LogP contribution in [0.5, 0.6) is 0 Å². The van der Waals surface area contributed by atoms with Crippen LogP contribution >= 0.6 is 0 Å². The van der Waals surface area contributed by atoms with Crippen LogP contribution in [0.3, 0.4) is 0 Å². The van der Waals surface area contributed by atoms with Gasteiger partial charge in [-0.05, 0) is 12.1 Å². The number of unbranched alkanes of at least 4 members (excludes halogenated alkanes) is 1. The van der Waals surface area contributed by atoms with Gasteiger partial charge in [-0.25, -0.2) is 4.21 Å². The van der Waals surface area contributed by atoms with E-state index in [-0.39, 0.29) is 29.6 Å². The van der Waals surface area contributed by atoms with Crippen LogP contribution in [0.15, 0.2) is 35.2 Å². The number of hydrogen-bond acceptors (Lipinski definition) is 2. The third kappa shape index (κ3) is 9.48. The van der Waals surface area contributed by atoms with Gasteiger partial charge in [0.15, 0.2) is 8.77 Å². The number of benzene rings is 1. The molecule has 1 aromatic carbocycles. The zero-order chi connectivity index (χ0) is 11.0. The molecule has 5 heteroatoms. The molecule has 1 rings (SSSR count). The van der Waals surface area contributed by atoms with Crippen molar-refractivity contribution < 1.29 is 38.3 Å². The van der Waals surface area contributed by atoms with E-state index < -0.39 is 8.77 Å². The normalized spacial score (nSPS) is 12.7. The van der Waals surface area contributed by atoms with Gasteiger partial charge < -0.3 is 11.5 Å². The van der Waals surface area contributed by atoms with E-state index in [9.17, 15) is 4.21 Å². The zero-order valence-corrected chi connectivity index (χ0v) is 12.8. The fraction of sp³-hybridized carbons (Fsp3) is 0.300. The van der Waals surface area contributed by atoms with E-state index in [4.69, 9.17) is 4.55 Å². The van der Waals surface area contributed by atoms with Crippen LogP contribution < -0.4 is 29.6 Å². The van der Waals surface area contributed by atoms with E-state index in [0.29, 0.717) is 4.90 Å². The van der Waals surface area contributed by atoms with Gasteiger partial charge in [0.1, 0.15) is 0 Å². The van der Waals surface area contributed by atoms with Crippen molar-refractivity contribution in [3.8, 4) is 0 Å². The summed E-state index contributed by atoms with van der Waals surface area (Å²) in [6.07, 6.45) is 2.28. The van der Waals surface area contributed by atoms with Crippen LogP contribution in [0.25, 0.3) is 0 Å². The van der Waals surface area contributed by atoms with Crippen LogP contribution in [0.2, 0.25) is 0 Å². The zero-order valence-electron chi connectivity index (χ0n) is 9.18. The summed E-state index contributed by atoms with van der Waals surface area (Å²) in [5.74, 6) is 0. The predicted molar refractivity (Wildman–Crippen MR) is 63.1 cm³/mol. The molecule has 80 valence electrons. The van der Waals surface area contributed by atoms with Crippen LogP contribution in [-0.2, 0) is 20.0 Å². The van der Waals surface area contributed by atoms with E-state index in [1.807, 2.05) is 0 Å². The molecule has 15 heavy (non-hydrogen) atoms. The molecule has 1 aromatic rings. The summed E-state index contributed by atoms with van der Waals surface area (Å²) >= 11 is 4.33. The first-order valence-corrected chi connectivity index (χ1v) is 6.78. The van der Waals surface area contributed by atoms with Gasteiger partial charge in [0, 0.05) is 11.2 Å². The number of hydrogen-bond donors (Lipinski definition) is 1. The molecule has 0 saturated carbocycles. The first-order chi connectivity index (χ1) is 6.52. The Kier molecular flexibility index (Phi) is 11.7. The monoisotopic (exact) mass is 254 g/mol. The molecule has 0 bridgehead atoms. The molecule has 1 unspecified atom stereocenters. The summed E-state index contributed by atoms with van der Waals surface area (Å²) < 4.78 is 19.6. The summed E-state index contributed by atoms with van der Waals surface area (Å²) in [6, 6.07) is 8.20. The molecule has 0 aliphatic heterocycles. The Morgan fingerprint density at radius 2 is 1.80 bits per heavy atom. The molecule has 0 radical (unpaired) electrons. The quantitative estimate of drug-likeness (QED) is 0.591. The van der Waals surface area contributed by atoms with Gasteiger partial charge in [-0.1, -0.05) is 31.5 Å². The molecule has 0 fully saturated rings. The summed E-state index contributed by atoms with van der Waals surface area (Å²) in [6.45, 7) is 5.72. The van der Waals surface area contributed by atoms with Gasteiger partial charge in [0.05, 0.1) is 4.90 Å². The fourth-order valence-corrected chi connectivity index (χ4v) is 1.43. The van der Waals surface area contributed by atoms with E-state index in [0.717, 1.165) is 6.42 Å². The van der Waals surface area contributed by atoms with Crippen molar-refractivity contribution in [1.82, 2.24) is 0 Å². The van der Waals surface area contributed by atoms with E-state index in [2.05, 4.69) is 25.0 Å². The van der Waals surface area contributed by atoms with Crippen LogP contribution in [0.4, 0.5) is 0 Å². The SMILES string of the molecule is O=S(O)(=S)c1ccccc1.[CH2-]CCC.[Na+]. The summed E-state index contributed by atoms with van der Waals surface area (Å²) in [5.41, 5.74) is 0. The van der Waals surface area contributed by atoms with Crippen molar-refractivity contribution >= 4 is 20.0 Å². The average Bonchev–Trinajstić information content (AvgIpc) is 2.18. The Morgan fingerprint density at radius 1 is 1.40 bits per heavy atom. The molecule has 1 atom stereocenters. The molecule has 0 aromatic heterocycles. The van der Waals surface area contributed by atoms with Crippen molar-refractivity contribution in [3.05, 3.63) is 37.3 Å². The van der Waals surface area contributed by atoms with Gasteiger partial charge >= 0.3 is 29.6 Å². The van der Waals surface area contributed by atoms with E-state index >= 15 is 0 Å². The summed E-state index contributed by atoms with van der Waals surface area (Å²) in [5, 5.41) is 0. The summed E-state index contributed by atoms with van der Waals surface area (Å²) in [4.78, 5) is 0.296. The van der Waals surface area contributed by atoms with Gasteiger partial charge in [-0.15, -0.1) is 0 Å². The van der Waals surface area contributed by atoms with Crippen molar-refractivity contribution in [1.29, 1.82) is 0 Å². The van der Waals surface area contributed by atoms with Gasteiger partial charge in [-0.2, -0.15) is 6.42 Å². The maximum Gasteiger partial charge on any atom is 1.00 e. The van der Waals surface area contributed by atoms with Gasteiger partial charge in [0.25, 0.3) is 0 Å². The Bertz CT molecular complexity index is 334. The first kappa shape index (κ1) is 17.9. The van der Waals surface area contributed by atoms with Crippen LogP contribution in [0, 0.1) is 6.92 Å². The second-order valence-electron chi connectivity index (χ2n) is 2.64. The maximum absolute atomic E-state index is 10.8. The minimum Gasteiger partial charge on any atom is -0.343 e. The maximum atomic E-state index is 10.8. The Balaban J connectivity index is 0. The molecule has 0 spiro atoms. The third-order valence-electron chi connectivity index (χ3n) is 1.39. The minimum absolute atomic E-state index is 0. The molecule has 0 amide bonds. The van der Waals surface area contributed by atoms with Crippen LogP contribution in [0.1, 0.15) is 19.8 Å². The van der Waals surface area contributed by atoms with Crippen molar-refractivity contribution in [3.63, 3.8) is 0 Å². The smallest absolute Gasteiger partial charge is 0.343 e. The van der Waals surface area contributed by atoms with Crippen molar-refractivity contribution in [2.75, 3.05) is 0 Å². The fourth-order valence-electron chi connectivity index (χ4n) is 0.592. The second kappa shape index (κ2) is 9.75. The Hall–Kier alpha value is 0.550. The molecule has 0 aliphatic rings. The molecular formula is C10H15NaO2S2. The molecule has 1 N–H and O–H groups in total. The number of rotatable bonds is 2. The molecule has 0 heterocycles. The van der Waals surface area contributed by atoms with Gasteiger partial charge in [-0.3, -0.25) is 0 Å². The average molecular weight is 254 g/mol. The topological polar surface area (TPSA) is 37.3 Å². The minimum atomic E-state index is -3.17. The molecule has 2 nitrogen and oxygen atoms in total. The Morgan fingerprint density at radius 3 is 2.00 bits per heavy atom. The van der Waals surface area contributed by atoms with E-state index in [1.165, 1.54) is 18.6 Å².